The standard InChI is InChI=1S/C21H15N3O5S/c25-18(7-8-24-19(26)13-3-1-2-4-14(13)20(24)27)23-21-22-15(10-30-21)12-5-6-16-17(9-12)29-11-28-16/h1-6,9-10H,7-8,11H2,(H,22,23,25). The van der Waals surface area contributed by atoms with Gasteiger partial charge in [0.25, 0.3) is 11.8 Å². The van der Waals surface area contributed by atoms with E-state index in [1.54, 1.807) is 24.3 Å². The molecule has 0 spiro atoms. The third-order valence-corrected chi connectivity index (χ3v) is 5.62. The zero-order valence-electron chi connectivity index (χ0n) is 15.6. The lowest BCUT2D eigenvalue weighted by molar-refractivity contribution is -0.116. The fourth-order valence-electron chi connectivity index (χ4n) is 3.36. The molecule has 8 nitrogen and oxygen atoms in total. The molecule has 1 aromatic heterocycles. The van der Waals surface area contributed by atoms with E-state index >= 15 is 0 Å². The van der Waals surface area contributed by atoms with Crippen LogP contribution >= 0.6 is 11.3 Å². The molecule has 2 aromatic carbocycles. The maximum Gasteiger partial charge on any atom is 0.261 e. The normalized spacial score (nSPS) is 14.2. The Morgan fingerprint density at radius 1 is 1.07 bits per heavy atom. The van der Waals surface area contributed by atoms with E-state index in [0.717, 1.165) is 10.5 Å². The maximum atomic E-state index is 12.4. The zero-order chi connectivity index (χ0) is 20.7. The van der Waals surface area contributed by atoms with Gasteiger partial charge in [0.1, 0.15) is 0 Å². The fraction of sp³-hybridized carbons (Fsp3) is 0.143. The van der Waals surface area contributed by atoms with E-state index in [0.29, 0.717) is 33.5 Å². The van der Waals surface area contributed by atoms with Crippen LogP contribution < -0.4 is 14.8 Å². The van der Waals surface area contributed by atoms with Crippen LogP contribution in [-0.4, -0.2) is 40.9 Å². The largest absolute Gasteiger partial charge is 0.454 e. The van der Waals surface area contributed by atoms with E-state index in [4.69, 9.17) is 9.47 Å². The molecule has 0 bridgehead atoms. The first-order chi connectivity index (χ1) is 14.6. The van der Waals surface area contributed by atoms with Gasteiger partial charge in [-0.05, 0) is 30.3 Å². The van der Waals surface area contributed by atoms with Crippen molar-refractivity contribution in [3.8, 4) is 22.8 Å². The number of imide groups is 1. The highest BCUT2D eigenvalue weighted by Gasteiger charge is 2.35. The molecule has 0 atom stereocenters. The molecule has 1 N–H and O–H groups in total. The van der Waals surface area contributed by atoms with Crippen LogP contribution in [0.5, 0.6) is 11.5 Å². The van der Waals surface area contributed by atoms with Crippen molar-refractivity contribution >= 4 is 34.2 Å². The number of ether oxygens (including phenoxy) is 2. The van der Waals surface area contributed by atoms with Crippen molar-refractivity contribution in [2.24, 2.45) is 0 Å². The quantitative estimate of drug-likeness (QED) is 0.636. The number of nitrogens with zero attached hydrogens (tertiary/aromatic N) is 2. The molecule has 0 saturated carbocycles. The highest BCUT2D eigenvalue weighted by Crippen LogP contribution is 2.36. The summed E-state index contributed by atoms with van der Waals surface area (Å²) in [6.45, 7) is 0.211. The van der Waals surface area contributed by atoms with Gasteiger partial charge in [-0.1, -0.05) is 12.1 Å². The van der Waals surface area contributed by atoms with Crippen molar-refractivity contribution in [1.29, 1.82) is 0 Å². The minimum Gasteiger partial charge on any atom is -0.454 e. The molecule has 5 rings (SSSR count). The van der Waals surface area contributed by atoms with Gasteiger partial charge in [0.2, 0.25) is 12.7 Å². The van der Waals surface area contributed by atoms with E-state index in [2.05, 4.69) is 10.3 Å². The summed E-state index contributed by atoms with van der Waals surface area (Å²) < 4.78 is 10.7. The molecule has 0 aliphatic carbocycles. The Morgan fingerprint density at radius 2 is 1.80 bits per heavy atom. The molecule has 150 valence electrons. The summed E-state index contributed by atoms with van der Waals surface area (Å²) in [7, 11) is 0. The summed E-state index contributed by atoms with van der Waals surface area (Å²) in [5, 5.41) is 4.99. The number of carbonyl (C=O) groups is 3. The first-order valence-corrected chi connectivity index (χ1v) is 10.1. The summed E-state index contributed by atoms with van der Waals surface area (Å²) in [6.07, 6.45) is -0.00952. The van der Waals surface area contributed by atoms with Gasteiger partial charge in [-0.25, -0.2) is 4.98 Å². The summed E-state index contributed by atoms with van der Waals surface area (Å²) in [4.78, 5) is 42.6. The highest BCUT2D eigenvalue weighted by atomic mass is 32.1. The Morgan fingerprint density at radius 3 is 2.57 bits per heavy atom. The van der Waals surface area contributed by atoms with Gasteiger partial charge in [-0.2, -0.15) is 0 Å². The topological polar surface area (TPSA) is 97.8 Å². The number of benzene rings is 2. The molecule has 2 aliphatic heterocycles. The lowest BCUT2D eigenvalue weighted by Gasteiger charge is -2.12. The highest BCUT2D eigenvalue weighted by molar-refractivity contribution is 7.14. The monoisotopic (exact) mass is 421 g/mol. The number of rotatable bonds is 5. The van der Waals surface area contributed by atoms with E-state index in [-0.39, 0.29) is 37.5 Å². The Kier molecular flexibility index (Phi) is 4.44. The zero-order valence-corrected chi connectivity index (χ0v) is 16.4. The van der Waals surface area contributed by atoms with Gasteiger partial charge in [0.05, 0.1) is 16.8 Å². The van der Waals surface area contributed by atoms with Crippen LogP contribution in [0.3, 0.4) is 0 Å². The second kappa shape index (κ2) is 7.27. The molecule has 30 heavy (non-hydrogen) atoms. The molecule has 3 heterocycles. The summed E-state index contributed by atoms with van der Waals surface area (Å²) in [5.41, 5.74) is 2.29. The predicted molar refractivity (Wildman–Crippen MR) is 109 cm³/mol. The van der Waals surface area contributed by atoms with Crippen molar-refractivity contribution in [3.63, 3.8) is 0 Å². The predicted octanol–water partition coefficient (Wildman–Crippen LogP) is 3.16. The van der Waals surface area contributed by atoms with E-state index in [1.807, 2.05) is 23.6 Å². The Bertz CT molecular complexity index is 1150. The van der Waals surface area contributed by atoms with Gasteiger partial charge in [0.15, 0.2) is 16.6 Å². The van der Waals surface area contributed by atoms with Crippen molar-refractivity contribution in [1.82, 2.24) is 9.88 Å². The molecule has 0 radical (unpaired) electrons. The van der Waals surface area contributed by atoms with E-state index in [9.17, 15) is 14.4 Å². The number of anilines is 1. The molecule has 3 aromatic rings. The summed E-state index contributed by atoms with van der Waals surface area (Å²) in [6, 6.07) is 12.2. The van der Waals surface area contributed by atoms with Gasteiger partial charge in [0, 0.05) is 23.9 Å². The number of nitrogens with one attached hydrogen (secondary N) is 1. The lowest BCUT2D eigenvalue weighted by Crippen LogP contribution is -2.32. The van der Waals surface area contributed by atoms with Crippen LogP contribution in [0.2, 0.25) is 0 Å². The number of amides is 3. The maximum absolute atomic E-state index is 12.4. The number of thiazole rings is 1. The minimum absolute atomic E-state index is 0.00952. The van der Waals surface area contributed by atoms with Crippen molar-refractivity contribution < 1.29 is 23.9 Å². The molecule has 0 unspecified atom stereocenters. The average molecular weight is 421 g/mol. The first kappa shape index (κ1) is 18.3. The molecule has 2 aliphatic rings. The fourth-order valence-corrected chi connectivity index (χ4v) is 4.09. The van der Waals surface area contributed by atoms with Gasteiger partial charge >= 0.3 is 0 Å². The molecular formula is C21H15N3O5S. The second-order valence-corrected chi connectivity index (χ2v) is 7.57. The number of carbonyl (C=O) groups excluding carboxylic acids is 3. The Labute approximate surface area is 175 Å². The van der Waals surface area contributed by atoms with Gasteiger partial charge in [-0.3, -0.25) is 19.3 Å². The van der Waals surface area contributed by atoms with Crippen molar-refractivity contribution in [3.05, 3.63) is 59.0 Å². The van der Waals surface area contributed by atoms with Gasteiger partial charge in [-0.15, -0.1) is 11.3 Å². The molecule has 3 amide bonds. The van der Waals surface area contributed by atoms with Crippen LogP contribution in [0.4, 0.5) is 5.13 Å². The SMILES string of the molecule is O=C(CCN1C(=O)c2ccccc2C1=O)Nc1nc(-c2ccc3c(c2)OCO3)cs1. The third kappa shape index (κ3) is 3.18. The van der Waals surface area contributed by atoms with Gasteiger partial charge < -0.3 is 14.8 Å². The minimum atomic E-state index is -0.372. The number of aromatic nitrogens is 1. The number of hydrogen-bond acceptors (Lipinski definition) is 7. The number of hydrogen-bond donors (Lipinski definition) is 1. The van der Waals surface area contributed by atoms with Crippen molar-refractivity contribution in [2.75, 3.05) is 18.7 Å². The van der Waals surface area contributed by atoms with Crippen LogP contribution in [-0.2, 0) is 4.79 Å². The molecular weight excluding hydrogens is 406 g/mol. The number of fused-ring (bicyclic) bond motifs is 2. The Hall–Kier alpha value is -3.72. The second-order valence-electron chi connectivity index (χ2n) is 6.71. The third-order valence-electron chi connectivity index (χ3n) is 4.86. The summed E-state index contributed by atoms with van der Waals surface area (Å²) >= 11 is 1.29. The first-order valence-electron chi connectivity index (χ1n) is 9.21. The van der Waals surface area contributed by atoms with Crippen LogP contribution in [0.15, 0.2) is 47.8 Å². The molecule has 0 fully saturated rings. The van der Waals surface area contributed by atoms with Crippen LogP contribution in [0.1, 0.15) is 27.1 Å². The lowest BCUT2D eigenvalue weighted by atomic mass is 10.1. The smallest absolute Gasteiger partial charge is 0.261 e. The summed E-state index contributed by atoms with van der Waals surface area (Å²) in [5.74, 6) is 0.284. The van der Waals surface area contributed by atoms with E-state index < -0.39 is 0 Å². The molecule has 9 heteroatoms. The molecule has 0 saturated heterocycles. The van der Waals surface area contributed by atoms with Crippen molar-refractivity contribution in [2.45, 2.75) is 6.42 Å². The van der Waals surface area contributed by atoms with Crippen LogP contribution in [0, 0.1) is 0 Å². The average Bonchev–Trinajstić information content (AvgIpc) is 3.46. The van der Waals surface area contributed by atoms with Crippen LogP contribution in [0.25, 0.3) is 11.3 Å². The van der Waals surface area contributed by atoms with E-state index in [1.165, 1.54) is 11.3 Å². The Balaban J connectivity index is 1.21.